The van der Waals surface area contributed by atoms with Crippen LogP contribution in [-0.2, 0) is 23.7 Å². The number of pyridine rings is 1. The van der Waals surface area contributed by atoms with Crippen molar-refractivity contribution in [2.45, 2.75) is 77.7 Å². The van der Waals surface area contributed by atoms with E-state index < -0.39 is 49.1 Å². The van der Waals surface area contributed by atoms with E-state index in [2.05, 4.69) is 20.9 Å². The van der Waals surface area contributed by atoms with Gasteiger partial charge in [0.15, 0.2) is 0 Å². The van der Waals surface area contributed by atoms with Crippen LogP contribution < -0.4 is 16.0 Å². The molecule has 1 aromatic carbocycles. The third-order valence-corrected chi connectivity index (χ3v) is 6.10. The third-order valence-electron chi connectivity index (χ3n) is 6.10. The van der Waals surface area contributed by atoms with Gasteiger partial charge in [-0.3, -0.25) is 19.2 Å². The van der Waals surface area contributed by atoms with Crippen LogP contribution in [0.5, 0.6) is 0 Å². The zero-order valence-electron chi connectivity index (χ0n) is 23.4. The molecule has 3 rings (SSSR count). The number of carbonyl (C=O) groups is 4. The Bertz CT molecular complexity index is 1190. The van der Waals surface area contributed by atoms with E-state index in [9.17, 15) is 24.3 Å². The average molecular weight is 552 g/mol. The molecule has 0 saturated carbocycles. The summed E-state index contributed by atoms with van der Waals surface area (Å²) in [7, 11) is -1.13. The summed E-state index contributed by atoms with van der Waals surface area (Å²) in [6.45, 7) is 8.82. The molecule has 2 heterocycles. The van der Waals surface area contributed by atoms with Crippen LogP contribution in [0.2, 0.25) is 0 Å². The lowest BCUT2D eigenvalue weighted by Crippen LogP contribution is -2.57. The maximum Gasteiger partial charge on any atom is 0.552 e. The Morgan fingerprint density at radius 3 is 2.30 bits per heavy atom. The lowest BCUT2D eigenvalue weighted by Gasteiger charge is -2.26. The summed E-state index contributed by atoms with van der Waals surface area (Å²) in [5.74, 6) is -3.10. The first-order valence-electron chi connectivity index (χ1n) is 13.4. The van der Waals surface area contributed by atoms with Crippen molar-refractivity contribution in [1.82, 2.24) is 20.9 Å². The molecule has 2 aromatic rings. The molecular weight excluding hydrogens is 515 g/mol. The highest BCUT2D eigenvalue weighted by molar-refractivity contribution is 6.51. The van der Waals surface area contributed by atoms with Gasteiger partial charge >= 0.3 is 13.1 Å². The molecule has 0 radical (unpaired) electrons. The summed E-state index contributed by atoms with van der Waals surface area (Å²) in [4.78, 5) is 55.3. The molecule has 12 heteroatoms. The van der Waals surface area contributed by atoms with Crippen molar-refractivity contribution >= 4 is 30.8 Å². The minimum Gasteiger partial charge on any atom is -0.506 e. The molecule has 1 fully saturated rings. The van der Waals surface area contributed by atoms with Crippen molar-refractivity contribution in [3.8, 4) is 11.3 Å². The molecule has 0 spiro atoms. The number of nitrogens with one attached hydrogen (secondary N) is 3. The highest BCUT2D eigenvalue weighted by Gasteiger charge is 2.47. The normalized spacial score (nSPS) is 17.2. The smallest absolute Gasteiger partial charge is 0.506 e. The topological polar surface area (TPSA) is 156 Å². The molecule has 1 saturated heterocycles. The van der Waals surface area contributed by atoms with Gasteiger partial charge in [-0.25, -0.2) is 4.98 Å². The lowest BCUT2D eigenvalue weighted by molar-refractivity contribution is -0.139. The van der Waals surface area contributed by atoms with Crippen LogP contribution in [0.25, 0.3) is 11.3 Å². The molecule has 214 valence electrons. The minimum atomic E-state index is -1.32. The Kier molecular flexibility index (Phi) is 10.8. The Hall–Kier alpha value is -3.77. The molecule has 1 unspecified atom stereocenters. The van der Waals surface area contributed by atoms with Gasteiger partial charge in [0.2, 0.25) is 11.8 Å². The number of hydrogen-bond donors (Lipinski definition) is 4. The van der Waals surface area contributed by atoms with E-state index in [1.807, 2.05) is 44.2 Å². The van der Waals surface area contributed by atoms with E-state index in [1.165, 1.54) is 13.0 Å². The monoisotopic (exact) mass is 552 g/mol. The Morgan fingerprint density at radius 2 is 1.68 bits per heavy atom. The quantitative estimate of drug-likeness (QED) is 0.290. The fraction of sp³-hybridized carbons (Fsp3) is 0.464. The van der Waals surface area contributed by atoms with Crippen molar-refractivity contribution in [3.63, 3.8) is 0 Å². The minimum absolute atomic E-state index is 0.0698. The largest absolute Gasteiger partial charge is 0.552 e. The number of aliphatic hydroxyl groups is 1. The second-order valence-corrected chi connectivity index (χ2v) is 10.6. The first kappa shape index (κ1) is 30.8. The van der Waals surface area contributed by atoms with Gasteiger partial charge in [-0.1, -0.05) is 50.2 Å². The number of amides is 3. The van der Waals surface area contributed by atoms with Crippen LogP contribution in [0.15, 0.2) is 48.5 Å². The van der Waals surface area contributed by atoms with Crippen LogP contribution in [0.1, 0.15) is 57.9 Å². The number of aliphatic hydroxyl groups excluding tert-OH is 1. The van der Waals surface area contributed by atoms with E-state index in [-0.39, 0.29) is 30.0 Å². The van der Waals surface area contributed by atoms with Gasteiger partial charge in [0.25, 0.3) is 5.91 Å². The second-order valence-electron chi connectivity index (χ2n) is 10.6. The molecule has 0 aliphatic carbocycles. The summed E-state index contributed by atoms with van der Waals surface area (Å²) in [5.41, 5.74) is 1.49. The van der Waals surface area contributed by atoms with Crippen LogP contribution in [0.3, 0.4) is 0 Å². The molecule has 4 N–H and O–H groups in total. The fourth-order valence-electron chi connectivity index (χ4n) is 4.26. The van der Waals surface area contributed by atoms with Crippen LogP contribution >= 0.6 is 0 Å². The molecule has 1 aliphatic rings. The molecule has 40 heavy (non-hydrogen) atoms. The van der Waals surface area contributed by atoms with E-state index in [1.54, 1.807) is 26.0 Å². The van der Waals surface area contributed by atoms with Crippen LogP contribution in [0, 0.1) is 5.92 Å². The summed E-state index contributed by atoms with van der Waals surface area (Å²) < 4.78 is 11.1. The summed E-state index contributed by atoms with van der Waals surface area (Å²) in [6.07, 6.45) is -2.20. The number of nitrogens with zero attached hydrogens (tertiary/aromatic N) is 1. The predicted octanol–water partition coefficient (Wildman–Crippen LogP) is 1.64. The molecule has 0 bridgehead atoms. The van der Waals surface area contributed by atoms with Crippen molar-refractivity contribution in [2.24, 2.45) is 5.92 Å². The summed E-state index contributed by atoms with van der Waals surface area (Å²) >= 11 is 0. The number of hydrogen-bond acceptors (Lipinski definition) is 8. The number of carbonyl (C=O) groups excluding carboxylic acids is 4. The standard InChI is InChI=1S/C28H37BN4O7/c1-16(2)14-23(29-39-22(28(38)40-29)15-24(35)30-17(3)4)32-27(37)25(18(5)34)33-26(36)21-13-9-12-20(31-21)19-10-7-6-8-11-19/h6-13,16-18,22-23,25,34H,14-15H2,1-5H3,(H,30,35)(H,32,37)(H,33,36)/t18-,22-,23+,25?/m1/s1. The zero-order valence-corrected chi connectivity index (χ0v) is 23.4. The van der Waals surface area contributed by atoms with Gasteiger partial charge in [-0.15, -0.1) is 0 Å². The van der Waals surface area contributed by atoms with Crippen LogP contribution in [0.4, 0.5) is 0 Å². The molecule has 11 nitrogen and oxygen atoms in total. The van der Waals surface area contributed by atoms with Crippen molar-refractivity contribution < 1.29 is 33.6 Å². The van der Waals surface area contributed by atoms with Gasteiger partial charge in [0.05, 0.1) is 24.2 Å². The van der Waals surface area contributed by atoms with Crippen molar-refractivity contribution in [1.29, 1.82) is 0 Å². The summed E-state index contributed by atoms with van der Waals surface area (Å²) in [5, 5.41) is 18.4. The van der Waals surface area contributed by atoms with Gasteiger partial charge in [0.1, 0.15) is 17.8 Å². The number of benzene rings is 1. The maximum absolute atomic E-state index is 13.3. The SMILES string of the molecule is CC(C)C[C@H](NC(=O)C(NC(=O)c1cccc(-c2ccccc2)n1)[C@@H](C)O)B1OC(=O)[C@@H](CC(=O)NC(C)C)O1. The van der Waals surface area contributed by atoms with Gasteiger partial charge < -0.3 is 30.4 Å². The van der Waals surface area contributed by atoms with E-state index >= 15 is 0 Å². The highest BCUT2D eigenvalue weighted by atomic mass is 16.7. The fourth-order valence-corrected chi connectivity index (χ4v) is 4.26. The first-order chi connectivity index (χ1) is 18.9. The van der Waals surface area contributed by atoms with Crippen molar-refractivity contribution in [2.75, 3.05) is 0 Å². The third kappa shape index (κ3) is 8.62. The number of rotatable bonds is 12. The average Bonchev–Trinajstić information content (AvgIpc) is 3.26. The first-order valence-corrected chi connectivity index (χ1v) is 13.4. The zero-order chi connectivity index (χ0) is 29.4. The van der Waals surface area contributed by atoms with Gasteiger partial charge in [-0.2, -0.15) is 0 Å². The van der Waals surface area contributed by atoms with Gasteiger partial charge in [0, 0.05) is 11.6 Å². The lowest BCUT2D eigenvalue weighted by atomic mass is 9.74. The highest BCUT2D eigenvalue weighted by Crippen LogP contribution is 2.20. The Balaban J connectivity index is 1.70. The van der Waals surface area contributed by atoms with E-state index in [0.29, 0.717) is 12.1 Å². The Labute approximate surface area is 234 Å². The van der Waals surface area contributed by atoms with Crippen molar-refractivity contribution in [3.05, 3.63) is 54.2 Å². The van der Waals surface area contributed by atoms with E-state index in [4.69, 9.17) is 9.31 Å². The Morgan fingerprint density at radius 1 is 0.975 bits per heavy atom. The maximum atomic E-state index is 13.3. The summed E-state index contributed by atoms with van der Waals surface area (Å²) in [6, 6.07) is 12.9. The van der Waals surface area contributed by atoms with E-state index in [0.717, 1.165) is 5.56 Å². The van der Waals surface area contributed by atoms with Crippen LogP contribution in [-0.4, -0.2) is 71.1 Å². The molecular formula is C28H37BN4O7. The number of aromatic nitrogens is 1. The molecule has 4 atom stereocenters. The van der Waals surface area contributed by atoms with Gasteiger partial charge in [-0.05, 0) is 45.2 Å². The second kappa shape index (κ2) is 14.0. The molecule has 3 amide bonds. The molecule has 1 aromatic heterocycles. The molecule has 1 aliphatic heterocycles. The predicted molar refractivity (Wildman–Crippen MR) is 149 cm³/mol.